The van der Waals surface area contributed by atoms with Crippen molar-refractivity contribution in [3.05, 3.63) is 52.6 Å². The smallest absolute Gasteiger partial charge is 0.321 e. The summed E-state index contributed by atoms with van der Waals surface area (Å²) in [6, 6.07) is 10.1. The molecule has 0 bridgehead atoms. The van der Waals surface area contributed by atoms with Gasteiger partial charge in [-0.2, -0.15) is 0 Å². The normalized spacial score (nSPS) is 23.8. The van der Waals surface area contributed by atoms with Gasteiger partial charge in [0.05, 0.1) is 25.8 Å². The van der Waals surface area contributed by atoms with Crippen LogP contribution in [0.5, 0.6) is 11.5 Å². The molecule has 3 atom stereocenters. The zero-order chi connectivity index (χ0) is 28.1. The fourth-order valence-corrected chi connectivity index (χ4v) is 7.34. The van der Waals surface area contributed by atoms with Crippen molar-refractivity contribution in [3.8, 4) is 11.5 Å². The fraction of sp³-hybridized carbons (Fsp3) is 0.548. The molecule has 0 aliphatic carbocycles. The van der Waals surface area contributed by atoms with Crippen LogP contribution >= 0.6 is 0 Å². The van der Waals surface area contributed by atoms with E-state index in [0.29, 0.717) is 26.2 Å². The molecule has 2 fully saturated rings. The van der Waals surface area contributed by atoms with E-state index in [1.165, 1.54) is 0 Å². The van der Waals surface area contributed by atoms with Crippen LogP contribution in [0.3, 0.4) is 0 Å². The number of methoxy groups -OCH3 is 2. The zero-order valence-corrected chi connectivity index (χ0v) is 24.3. The maximum Gasteiger partial charge on any atom is 0.321 e. The van der Waals surface area contributed by atoms with E-state index >= 15 is 0 Å². The summed E-state index contributed by atoms with van der Waals surface area (Å²) in [5.74, 6) is 1.93. The largest absolute Gasteiger partial charge is 0.497 e. The predicted octanol–water partition coefficient (Wildman–Crippen LogP) is 5.77. The van der Waals surface area contributed by atoms with Gasteiger partial charge in [0.2, 0.25) is 0 Å². The molecule has 5 rings (SSSR count). The molecule has 3 heterocycles. The summed E-state index contributed by atoms with van der Waals surface area (Å²) in [4.78, 5) is 33.3. The number of anilines is 1. The number of likely N-dealkylation sites (N-methyl/N-ethyl adjacent to an activating group) is 1. The number of nitrogens with zero attached hydrogens (tertiary/aromatic N) is 3. The minimum atomic E-state index is -0.324. The lowest BCUT2D eigenvalue weighted by Gasteiger charge is -2.49. The van der Waals surface area contributed by atoms with Crippen molar-refractivity contribution < 1.29 is 19.1 Å². The van der Waals surface area contributed by atoms with E-state index in [9.17, 15) is 9.59 Å². The molecule has 3 aliphatic rings. The number of urea groups is 2. The van der Waals surface area contributed by atoms with Crippen LogP contribution in [0.2, 0.25) is 0 Å². The number of hydrogen-bond donors (Lipinski definition) is 1. The summed E-state index contributed by atoms with van der Waals surface area (Å²) < 4.78 is 11.4. The lowest BCUT2D eigenvalue weighted by atomic mass is 9.71. The molecule has 2 aromatic rings. The molecular formula is C31H42N4O4. The van der Waals surface area contributed by atoms with Gasteiger partial charge in [0.1, 0.15) is 11.5 Å². The van der Waals surface area contributed by atoms with Gasteiger partial charge in [0, 0.05) is 43.5 Å². The first kappa shape index (κ1) is 27.2. The van der Waals surface area contributed by atoms with Crippen LogP contribution in [0.25, 0.3) is 0 Å². The molecule has 210 valence electrons. The Morgan fingerprint density at radius 3 is 2.44 bits per heavy atom. The van der Waals surface area contributed by atoms with E-state index in [4.69, 9.17) is 9.47 Å². The quantitative estimate of drug-likeness (QED) is 0.541. The first-order valence-corrected chi connectivity index (χ1v) is 14.1. The standard InChI is InChI=1S/C31H42N4O4/c1-8-35-30(37)34-18-23-16-24(38-6)17-26(39-7)27(23)21(4)22(5)28(34)31(35)11-13-33(14-12-31)29(36)32-25-15-19(2)9-10-20(25)3/h9-10,15-17,21-22,28H,8,11-14,18H2,1-7H3,(H,32,36). The van der Waals surface area contributed by atoms with Crippen molar-refractivity contribution in [2.75, 3.05) is 39.2 Å². The van der Waals surface area contributed by atoms with Crippen molar-refractivity contribution >= 4 is 17.7 Å². The number of nitrogens with one attached hydrogen (secondary N) is 1. The van der Waals surface area contributed by atoms with Crippen molar-refractivity contribution in [1.82, 2.24) is 14.7 Å². The number of benzene rings is 2. The van der Waals surface area contributed by atoms with Crippen LogP contribution in [0.1, 0.15) is 61.8 Å². The van der Waals surface area contributed by atoms with Gasteiger partial charge >= 0.3 is 12.1 Å². The second-order valence-corrected chi connectivity index (χ2v) is 11.5. The molecule has 4 amide bonds. The highest BCUT2D eigenvalue weighted by molar-refractivity contribution is 5.90. The number of fused-ring (bicyclic) bond motifs is 3. The van der Waals surface area contributed by atoms with Gasteiger partial charge in [-0.3, -0.25) is 0 Å². The number of piperidine rings is 1. The second kappa shape index (κ2) is 10.3. The van der Waals surface area contributed by atoms with Gasteiger partial charge in [0.25, 0.3) is 0 Å². The second-order valence-electron chi connectivity index (χ2n) is 11.5. The van der Waals surface area contributed by atoms with E-state index < -0.39 is 0 Å². The molecule has 0 radical (unpaired) electrons. The molecule has 2 aromatic carbocycles. The highest BCUT2D eigenvalue weighted by atomic mass is 16.5. The van der Waals surface area contributed by atoms with Crippen molar-refractivity contribution in [2.24, 2.45) is 5.92 Å². The Labute approximate surface area is 232 Å². The number of aryl methyl sites for hydroxylation is 2. The average molecular weight is 535 g/mol. The van der Waals surface area contributed by atoms with Crippen molar-refractivity contribution in [1.29, 1.82) is 0 Å². The first-order valence-electron chi connectivity index (χ1n) is 14.1. The summed E-state index contributed by atoms with van der Waals surface area (Å²) in [5.41, 5.74) is 4.94. The third kappa shape index (κ3) is 4.38. The highest BCUT2D eigenvalue weighted by Crippen LogP contribution is 2.51. The van der Waals surface area contributed by atoms with Crippen molar-refractivity contribution in [3.63, 3.8) is 0 Å². The maximum absolute atomic E-state index is 14.0. The van der Waals surface area contributed by atoms with E-state index in [1.54, 1.807) is 14.2 Å². The predicted molar refractivity (Wildman–Crippen MR) is 153 cm³/mol. The van der Waals surface area contributed by atoms with E-state index in [-0.39, 0.29) is 35.5 Å². The molecule has 2 saturated heterocycles. The fourth-order valence-electron chi connectivity index (χ4n) is 7.34. The molecule has 3 unspecified atom stereocenters. The number of rotatable bonds is 4. The lowest BCUT2D eigenvalue weighted by molar-refractivity contribution is 0.0409. The SMILES string of the molecule is CCN1C(=O)N2Cc3cc(OC)cc(OC)c3C(C)C(C)C2C12CCN(C(=O)Nc1cc(C)ccc1C)CC2. The Morgan fingerprint density at radius 2 is 1.79 bits per heavy atom. The minimum Gasteiger partial charge on any atom is -0.497 e. The Hall–Kier alpha value is -3.42. The summed E-state index contributed by atoms with van der Waals surface area (Å²) in [7, 11) is 3.36. The van der Waals surface area contributed by atoms with E-state index in [1.807, 2.05) is 36.9 Å². The Morgan fingerprint density at radius 1 is 1.08 bits per heavy atom. The molecule has 3 aliphatic heterocycles. The molecule has 1 N–H and O–H groups in total. The van der Waals surface area contributed by atoms with E-state index in [2.05, 4.69) is 48.0 Å². The van der Waals surface area contributed by atoms with Gasteiger partial charge in [-0.1, -0.05) is 26.0 Å². The van der Waals surface area contributed by atoms with Crippen molar-refractivity contribution in [2.45, 2.75) is 71.5 Å². The monoisotopic (exact) mass is 534 g/mol. The Kier molecular flexibility index (Phi) is 7.16. The molecular weight excluding hydrogens is 492 g/mol. The molecule has 0 aromatic heterocycles. The number of ether oxygens (including phenoxy) is 2. The van der Waals surface area contributed by atoms with Gasteiger partial charge in [-0.15, -0.1) is 0 Å². The van der Waals surface area contributed by atoms with Crippen LogP contribution in [0, 0.1) is 19.8 Å². The summed E-state index contributed by atoms with van der Waals surface area (Å²) >= 11 is 0. The zero-order valence-electron chi connectivity index (χ0n) is 24.3. The molecule has 8 heteroatoms. The number of hydrogen-bond acceptors (Lipinski definition) is 4. The molecule has 8 nitrogen and oxygen atoms in total. The van der Waals surface area contributed by atoms with Gasteiger partial charge < -0.3 is 29.5 Å². The Balaban J connectivity index is 1.44. The highest BCUT2D eigenvalue weighted by Gasteiger charge is 2.60. The summed E-state index contributed by atoms with van der Waals surface area (Å²) in [6.07, 6.45) is 1.50. The lowest BCUT2D eigenvalue weighted by Crippen LogP contribution is -2.60. The summed E-state index contributed by atoms with van der Waals surface area (Å²) in [6.45, 7) is 13.0. The van der Waals surface area contributed by atoms with Gasteiger partial charge in [-0.25, -0.2) is 9.59 Å². The number of amides is 4. The third-order valence-electron chi connectivity index (χ3n) is 9.51. The number of likely N-dealkylation sites (tertiary alicyclic amines) is 1. The summed E-state index contributed by atoms with van der Waals surface area (Å²) in [5, 5.41) is 3.12. The van der Waals surface area contributed by atoms with Crippen LogP contribution in [-0.2, 0) is 6.54 Å². The van der Waals surface area contributed by atoms with Crippen LogP contribution in [-0.4, -0.2) is 72.2 Å². The molecule has 1 spiro atoms. The molecule has 0 saturated carbocycles. The van der Waals surface area contributed by atoms with Gasteiger partial charge in [-0.05, 0) is 74.3 Å². The van der Waals surface area contributed by atoms with Crippen LogP contribution in [0.15, 0.2) is 30.3 Å². The first-order chi connectivity index (χ1) is 18.6. The number of carbonyl (C=O) groups excluding carboxylic acids is 2. The maximum atomic E-state index is 14.0. The van der Waals surface area contributed by atoms with Gasteiger partial charge in [0.15, 0.2) is 0 Å². The van der Waals surface area contributed by atoms with Crippen LogP contribution in [0.4, 0.5) is 15.3 Å². The Bertz CT molecular complexity index is 1270. The third-order valence-corrected chi connectivity index (χ3v) is 9.51. The van der Waals surface area contributed by atoms with Crippen LogP contribution < -0.4 is 14.8 Å². The molecule has 39 heavy (non-hydrogen) atoms. The average Bonchev–Trinajstić information content (AvgIpc) is 3.07. The van der Waals surface area contributed by atoms with E-state index in [0.717, 1.165) is 52.3 Å². The topological polar surface area (TPSA) is 74.4 Å². The number of carbonyl (C=O) groups is 2. The minimum absolute atomic E-state index is 0.0345.